The molecule has 3 aromatic carbocycles. The Kier molecular flexibility index (Phi) is 8.29. The van der Waals surface area contributed by atoms with Crippen molar-refractivity contribution in [2.45, 2.75) is 10.9 Å². The molecule has 0 spiro atoms. The van der Waals surface area contributed by atoms with Crippen LogP contribution in [0.5, 0.6) is 11.5 Å². The summed E-state index contributed by atoms with van der Waals surface area (Å²) in [5.41, 5.74) is 4.89. The molecule has 0 aliphatic heterocycles. The number of benzene rings is 3. The number of ether oxygens (including phenoxy) is 2. The number of carbonyl (C=O) groups is 1. The SMILES string of the molecule is COc1cccc(/C=N/NC(=O)CSc2nc3ccccc3s2)c1OCc1ccc(Cl)cc1Cl. The monoisotopic (exact) mass is 531 g/mol. The first-order valence-electron chi connectivity index (χ1n) is 10.1. The summed E-state index contributed by atoms with van der Waals surface area (Å²) < 4.78 is 13.3. The number of hydrogen-bond acceptors (Lipinski definition) is 7. The van der Waals surface area contributed by atoms with Crippen LogP contribution in [0.15, 0.2) is 70.1 Å². The number of nitrogens with one attached hydrogen (secondary N) is 1. The molecule has 0 saturated carbocycles. The number of nitrogens with zero attached hydrogens (tertiary/aromatic N) is 2. The highest BCUT2D eigenvalue weighted by Gasteiger charge is 2.12. The quantitative estimate of drug-likeness (QED) is 0.153. The molecule has 0 bridgehead atoms. The minimum atomic E-state index is -0.237. The van der Waals surface area contributed by atoms with Crippen LogP contribution in [0, 0.1) is 0 Å². The van der Waals surface area contributed by atoms with Crippen molar-refractivity contribution in [1.29, 1.82) is 0 Å². The van der Waals surface area contributed by atoms with E-state index >= 15 is 0 Å². The molecule has 10 heteroatoms. The maximum absolute atomic E-state index is 12.3. The van der Waals surface area contributed by atoms with Crippen molar-refractivity contribution in [2.75, 3.05) is 12.9 Å². The number of thioether (sulfide) groups is 1. The van der Waals surface area contributed by atoms with Crippen LogP contribution in [0.4, 0.5) is 0 Å². The normalized spacial score (nSPS) is 11.1. The Balaban J connectivity index is 1.38. The van der Waals surface area contributed by atoms with Gasteiger partial charge in [-0.15, -0.1) is 11.3 Å². The molecule has 34 heavy (non-hydrogen) atoms. The fourth-order valence-electron chi connectivity index (χ4n) is 2.98. The van der Waals surface area contributed by atoms with E-state index in [9.17, 15) is 4.79 Å². The van der Waals surface area contributed by atoms with E-state index in [4.69, 9.17) is 32.7 Å². The van der Waals surface area contributed by atoms with Gasteiger partial charge >= 0.3 is 0 Å². The van der Waals surface area contributed by atoms with Crippen LogP contribution in [0.3, 0.4) is 0 Å². The second-order valence-electron chi connectivity index (χ2n) is 6.93. The first-order valence-corrected chi connectivity index (χ1v) is 12.6. The van der Waals surface area contributed by atoms with Crippen LogP contribution in [-0.2, 0) is 11.4 Å². The van der Waals surface area contributed by atoms with E-state index in [0.717, 1.165) is 20.1 Å². The summed E-state index contributed by atoms with van der Waals surface area (Å²) in [4.78, 5) is 16.8. The van der Waals surface area contributed by atoms with Crippen LogP contribution >= 0.6 is 46.3 Å². The van der Waals surface area contributed by atoms with Crippen LogP contribution < -0.4 is 14.9 Å². The molecule has 0 aliphatic carbocycles. The summed E-state index contributed by atoms with van der Waals surface area (Å²) in [5, 5.41) is 5.14. The summed E-state index contributed by atoms with van der Waals surface area (Å²) in [6.07, 6.45) is 1.52. The van der Waals surface area contributed by atoms with Gasteiger partial charge in [-0.25, -0.2) is 10.4 Å². The third kappa shape index (κ3) is 6.21. The molecule has 0 aliphatic rings. The highest BCUT2D eigenvalue weighted by atomic mass is 35.5. The van der Waals surface area contributed by atoms with Crippen molar-refractivity contribution in [3.63, 3.8) is 0 Å². The number of hydrazone groups is 1. The lowest BCUT2D eigenvalue weighted by Crippen LogP contribution is -2.19. The van der Waals surface area contributed by atoms with Gasteiger partial charge in [-0.1, -0.05) is 59.2 Å². The highest BCUT2D eigenvalue weighted by molar-refractivity contribution is 8.01. The van der Waals surface area contributed by atoms with Crippen LogP contribution in [-0.4, -0.2) is 30.0 Å². The fraction of sp³-hybridized carbons (Fsp3) is 0.125. The molecule has 1 amide bonds. The van der Waals surface area contributed by atoms with Gasteiger partial charge in [-0.3, -0.25) is 4.79 Å². The summed E-state index contributed by atoms with van der Waals surface area (Å²) >= 11 is 15.1. The van der Waals surface area contributed by atoms with Gasteiger partial charge in [-0.05, 0) is 36.4 Å². The van der Waals surface area contributed by atoms with E-state index in [0.29, 0.717) is 27.1 Å². The van der Waals surface area contributed by atoms with Crippen molar-refractivity contribution in [3.05, 3.63) is 81.8 Å². The molecular weight excluding hydrogens is 513 g/mol. The van der Waals surface area contributed by atoms with Crippen LogP contribution in [0.2, 0.25) is 10.0 Å². The molecule has 4 rings (SSSR count). The smallest absolute Gasteiger partial charge is 0.250 e. The highest BCUT2D eigenvalue weighted by Crippen LogP contribution is 2.32. The van der Waals surface area contributed by atoms with E-state index < -0.39 is 0 Å². The molecule has 174 valence electrons. The number of para-hydroxylation sites is 2. The Morgan fingerprint density at radius 2 is 2.03 bits per heavy atom. The maximum Gasteiger partial charge on any atom is 0.250 e. The molecule has 6 nitrogen and oxygen atoms in total. The lowest BCUT2D eigenvalue weighted by atomic mass is 10.2. The van der Waals surface area contributed by atoms with E-state index in [1.165, 1.54) is 18.0 Å². The summed E-state index contributed by atoms with van der Waals surface area (Å²) in [5.74, 6) is 0.983. The average Bonchev–Trinajstić information content (AvgIpc) is 3.26. The second kappa shape index (κ2) is 11.6. The zero-order chi connectivity index (χ0) is 23.9. The Bertz CT molecular complexity index is 1310. The van der Waals surface area contributed by atoms with Crippen molar-refractivity contribution >= 4 is 68.6 Å². The minimum absolute atomic E-state index is 0.202. The third-order valence-electron chi connectivity index (χ3n) is 4.61. The standard InChI is InChI=1S/C24H19Cl2N3O3S2/c1-31-20-7-4-5-15(23(20)32-13-16-9-10-17(25)11-18(16)26)12-27-29-22(30)14-33-24-28-19-6-2-3-8-21(19)34-24/h2-12H,13-14H2,1H3,(H,29,30)/b27-12+. The zero-order valence-corrected chi connectivity index (χ0v) is 21.1. The van der Waals surface area contributed by atoms with Crippen molar-refractivity contribution in [1.82, 2.24) is 10.4 Å². The number of thiazole rings is 1. The van der Waals surface area contributed by atoms with Crippen molar-refractivity contribution in [2.24, 2.45) is 5.10 Å². The van der Waals surface area contributed by atoms with Gasteiger partial charge in [0, 0.05) is 21.2 Å². The fourth-order valence-corrected chi connectivity index (χ4v) is 5.31. The molecule has 1 aromatic heterocycles. The van der Waals surface area contributed by atoms with E-state index in [1.54, 1.807) is 42.7 Å². The van der Waals surface area contributed by atoms with Gasteiger partial charge in [0.15, 0.2) is 15.8 Å². The van der Waals surface area contributed by atoms with E-state index in [1.807, 2.05) is 36.4 Å². The number of carbonyl (C=O) groups excluding carboxylic acids is 1. The molecule has 4 aromatic rings. The van der Waals surface area contributed by atoms with Gasteiger partial charge in [0.2, 0.25) is 0 Å². The van der Waals surface area contributed by atoms with Gasteiger partial charge in [0.1, 0.15) is 6.61 Å². The lowest BCUT2D eigenvalue weighted by Gasteiger charge is -2.14. The van der Waals surface area contributed by atoms with Crippen LogP contribution in [0.1, 0.15) is 11.1 Å². The summed E-state index contributed by atoms with van der Waals surface area (Å²) in [6, 6.07) is 18.5. The number of rotatable bonds is 9. The molecule has 0 radical (unpaired) electrons. The summed E-state index contributed by atoms with van der Waals surface area (Å²) in [7, 11) is 1.55. The number of amides is 1. The predicted molar refractivity (Wildman–Crippen MR) is 140 cm³/mol. The van der Waals surface area contributed by atoms with Gasteiger partial charge in [-0.2, -0.15) is 5.10 Å². The number of methoxy groups -OCH3 is 1. The second-order valence-corrected chi connectivity index (χ2v) is 10.0. The topological polar surface area (TPSA) is 72.8 Å². The van der Waals surface area contributed by atoms with Crippen molar-refractivity contribution in [3.8, 4) is 11.5 Å². The van der Waals surface area contributed by atoms with E-state index in [-0.39, 0.29) is 18.3 Å². The third-order valence-corrected chi connectivity index (χ3v) is 7.38. The maximum atomic E-state index is 12.3. The Morgan fingerprint density at radius 1 is 1.18 bits per heavy atom. The number of fused-ring (bicyclic) bond motifs is 1. The first-order chi connectivity index (χ1) is 16.5. The van der Waals surface area contributed by atoms with Gasteiger partial charge in [0.05, 0.1) is 29.3 Å². The minimum Gasteiger partial charge on any atom is -0.493 e. The lowest BCUT2D eigenvalue weighted by molar-refractivity contribution is -0.118. The Labute approximate surface area is 214 Å². The zero-order valence-electron chi connectivity index (χ0n) is 18.0. The molecule has 1 N–H and O–H groups in total. The first kappa shape index (κ1) is 24.3. The Morgan fingerprint density at radius 3 is 2.82 bits per heavy atom. The predicted octanol–water partition coefficient (Wildman–Crippen LogP) is 6.43. The number of aromatic nitrogens is 1. The van der Waals surface area contributed by atoms with Crippen molar-refractivity contribution < 1.29 is 14.3 Å². The molecule has 1 heterocycles. The Hall–Kier alpha value is -2.78. The number of halogens is 2. The van der Waals surface area contributed by atoms with E-state index in [2.05, 4.69) is 15.5 Å². The molecule has 0 saturated heterocycles. The molecular formula is C24H19Cl2N3O3S2. The average molecular weight is 532 g/mol. The van der Waals surface area contributed by atoms with Crippen LogP contribution in [0.25, 0.3) is 10.2 Å². The van der Waals surface area contributed by atoms with Gasteiger partial charge in [0.25, 0.3) is 5.91 Å². The summed E-state index contributed by atoms with van der Waals surface area (Å²) in [6.45, 7) is 0.211. The molecule has 0 unspecified atom stereocenters. The largest absolute Gasteiger partial charge is 0.493 e. The number of hydrogen-bond donors (Lipinski definition) is 1. The molecule has 0 atom stereocenters. The van der Waals surface area contributed by atoms with Gasteiger partial charge < -0.3 is 9.47 Å². The molecule has 0 fully saturated rings.